The zero-order valence-corrected chi connectivity index (χ0v) is 14.7. The van der Waals surface area contributed by atoms with Crippen molar-refractivity contribution in [1.82, 2.24) is 0 Å². The van der Waals surface area contributed by atoms with Crippen LogP contribution in [0.5, 0.6) is 11.5 Å². The van der Waals surface area contributed by atoms with Gasteiger partial charge in [-0.15, -0.1) is 0 Å². The molecule has 0 radical (unpaired) electrons. The van der Waals surface area contributed by atoms with Gasteiger partial charge < -0.3 is 35.0 Å². The molecule has 0 fully saturated rings. The van der Waals surface area contributed by atoms with Crippen molar-refractivity contribution in [2.75, 3.05) is 0 Å². The van der Waals surface area contributed by atoms with Crippen LogP contribution in [0.3, 0.4) is 0 Å². The summed E-state index contributed by atoms with van der Waals surface area (Å²) in [7, 11) is 0. The Bertz CT molecular complexity index is 543. The number of aromatic hydroxyl groups is 2. The van der Waals surface area contributed by atoms with E-state index in [0.717, 1.165) is 0 Å². The van der Waals surface area contributed by atoms with Gasteiger partial charge in [-0.05, 0) is 0 Å². The monoisotopic (exact) mass is 456 g/mol. The van der Waals surface area contributed by atoms with Gasteiger partial charge in [0.2, 0.25) is 0 Å². The van der Waals surface area contributed by atoms with Crippen molar-refractivity contribution in [3.63, 3.8) is 0 Å². The van der Waals surface area contributed by atoms with Gasteiger partial charge in [-0.25, -0.2) is 26.3 Å². The summed E-state index contributed by atoms with van der Waals surface area (Å²) in [4.78, 5) is 0. The number of benzene rings is 2. The number of hydrogen-bond acceptors (Lipinski definition) is 2. The molecule has 0 atom stereocenters. The van der Waals surface area contributed by atoms with Gasteiger partial charge in [-0.1, -0.05) is 0 Å². The van der Waals surface area contributed by atoms with Gasteiger partial charge in [0, 0.05) is 24.3 Å². The molecule has 2 N–H and O–H groups in total. The Morgan fingerprint density at radius 3 is 0.870 bits per heavy atom. The quantitative estimate of drug-likeness (QED) is 0.434. The molecule has 0 saturated heterocycles. The first-order chi connectivity index (χ1) is 9.22. The molecule has 0 aliphatic heterocycles. The summed E-state index contributed by atoms with van der Waals surface area (Å²) >= 11 is 0. The first kappa shape index (κ1) is 27.0. The number of phenols is 2. The molecule has 0 heterocycles. The van der Waals surface area contributed by atoms with E-state index in [-0.39, 0.29) is 51.0 Å². The molecular formula is C12H6Cl2F6O2Zr. The average Bonchev–Trinajstić information content (AvgIpc) is 2.33. The summed E-state index contributed by atoms with van der Waals surface area (Å²) < 4.78 is 72.5. The second kappa shape index (κ2) is 11.6. The zero-order chi connectivity index (χ0) is 15.4. The van der Waals surface area contributed by atoms with Crippen LogP contribution < -0.4 is 24.8 Å². The molecule has 23 heavy (non-hydrogen) atoms. The van der Waals surface area contributed by atoms with Crippen LogP contribution in [-0.2, 0) is 26.2 Å². The van der Waals surface area contributed by atoms with E-state index in [1.54, 1.807) is 0 Å². The Morgan fingerprint density at radius 2 is 0.696 bits per heavy atom. The largest absolute Gasteiger partial charge is 2.00 e. The fourth-order valence-electron chi connectivity index (χ4n) is 1.07. The van der Waals surface area contributed by atoms with Crippen LogP contribution in [0.1, 0.15) is 0 Å². The first-order valence-corrected chi connectivity index (χ1v) is 4.89. The Morgan fingerprint density at radius 1 is 0.522 bits per heavy atom. The van der Waals surface area contributed by atoms with Crippen LogP contribution in [0.2, 0.25) is 0 Å². The fraction of sp³-hybridized carbons (Fsp3) is 0. The third-order valence-electron chi connectivity index (χ3n) is 1.96. The van der Waals surface area contributed by atoms with E-state index in [2.05, 4.69) is 0 Å². The maximum atomic E-state index is 12.1. The van der Waals surface area contributed by atoms with E-state index in [4.69, 9.17) is 10.2 Å². The summed E-state index contributed by atoms with van der Waals surface area (Å²) in [5, 5.41) is 16.8. The normalized spacial score (nSPS) is 8.61. The second-order valence-electron chi connectivity index (χ2n) is 3.44. The van der Waals surface area contributed by atoms with E-state index in [1.807, 2.05) is 0 Å². The summed E-state index contributed by atoms with van der Waals surface area (Å²) in [5.74, 6) is -9.58. The molecule has 2 rings (SSSR count). The predicted octanol–water partition coefficient (Wildman–Crippen LogP) is -2.38. The van der Waals surface area contributed by atoms with Crippen LogP contribution in [0, 0.1) is 34.9 Å². The predicted molar refractivity (Wildman–Crippen MR) is 56.0 cm³/mol. The van der Waals surface area contributed by atoms with E-state index < -0.39 is 46.4 Å². The van der Waals surface area contributed by atoms with E-state index >= 15 is 0 Å². The van der Waals surface area contributed by atoms with Gasteiger partial charge in [0.05, 0.1) is 0 Å². The molecule has 2 aromatic carbocycles. The summed E-state index contributed by atoms with van der Waals surface area (Å²) in [6.45, 7) is 0. The molecule has 0 unspecified atom stereocenters. The van der Waals surface area contributed by atoms with Crippen molar-refractivity contribution in [2.24, 2.45) is 0 Å². The number of rotatable bonds is 0. The molecular weight excluding hydrogens is 452 g/mol. The van der Waals surface area contributed by atoms with Crippen molar-refractivity contribution in [2.45, 2.75) is 0 Å². The Kier molecular flexibility index (Phi) is 13.6. The number of hydrogen-bond donors (Lipinski definition) is 2. The van der Waals surface area contributed by atoms with Gasteiger partial charge in [0.15, 0.2) is 34.8 Å². The molecule has 0 spiro atoms. The topological polar surface area (TPSA) is 40.5 Å². The molecule has 0 amide bonds. The van der Waals surface area contributed by atoms with Gasteiger partial charge in [-0.3, -0.25) is 0 Å². The second-order valence-corrected chi connectivity index (χ2v) is 3.44. The Balaban J connectivity index is -0.000000308. The van der Waals surface area contributed by atoms with Crippen LogP contribution in [0.4, 0.5) is 26.3 Å². The fourth-order valence-corrected chi connectivity index (χ4v) is 1.07. The molecule has 2 nitrogen and oxygen atoms in total. The van der Waals surface area contributed by atoms with Crippen LogP contribution in [0.15, 0.2) is 24.3 Å². The molecule has 11 heteroatoms. The molecule has 0 saturated carbocycles. The third kappa shape index (κ3) is 7.95. The molecule has 126 valence electrons. The number of phenolic OH excluding ortho intramolecular Hbond substituents is 2. The van der Waals surface area contributed by atoms with Crippen molar-refractivity contribution >= 4 is 0 Å². The molecule has 0 aromatic heterocycles. The van der Waals surface area contributed by atoms with Gasteiger partial charge in [0.25, 0.3) is 0 Å². The molecule has 0 aliphatic carbocycles. The maximum absolute atomic E-state index is 12.1. The number of halogens is 8. The van der Waals surface area contributed by atoms with Crippen LogP contribution in [0.25, 0.3) is 0 Å². The molecule has 2 aromatic rings. The SMILES string of the molecule is Oc1c(F)cc(F)cc1F.Oc1c(F)cc(F)cc1F.[Cl-].[Cl-].[Zr+2]. The average molecular weight is 458 g/mol. The van der Waals surface area contributed by atoms with Crippen molar-refractivity contribution in [3.8, 4) is 11.5 Å². The third-order valence-corrected chi connectivity index (χ3v) is 1.96. The minimum Gasteiger partial charge on any atom is -1.00 e. The summed E-state index contributed by atoms with van der Waals surface area (Å²) in [6, 6.07) is 1.60. The Labute approximate surface area is 158 Å². The smallest absolute Gasteiger partial charge is 1.00 e. The van der Waals surface area contributed by atoms with E-state index in [0.29, 0.717) is 24.3 Å². The van der Waals surface area contributed by atoms with Crippen molar-refractivity contribution in [3.05, 3.63) is 59.2 Å². The standard InChI is InChI=1S/2C6H3F3O.2ClH.Zr/c2*7-3-1-4(8)6(10)5(9)2-3;;;/h2*1-2,10H;2*1H;/q;;;;+2/p-2. The zero-order valence-electron chi connectivity index (χ0n) is 10.7. The van der Waals surface area contributed by atoms with Crippen molar-refractivity contribution < 1.29 is 87.6 Å². The minimum atomic E-state index is -1.29. The van der Waals surface area contributed by atoms with E-state index in [9.17, 15) is 26.3 Å². The van der Waals surface area contributed by atoms with Gasteiger partial charge in [0.1, 0.15) is 11.6 Å². The van der Waals surface area contributed by atoms with Gasteiger partial charge in [-0.2, -0.15) is 0 Å². The van der Waals surface area contributed by atoms with Crippen molar-refractivity contribution in [1.29, 1.82) is 0 Å². The molecule has 0 bridgehead atoms. The summed E-state index contributed by atoms with van der Waals surface area (Å²) in [6.07, 6.45) is 0. The van der Waals surface area contributed by atoms with Crippen LogP contribution in [-0.4, -0.2) is 10.2 Å². The summed E-state index contributed by atoms with van der Waals surface area (Å²) in [5.41, 5.74) is 0. The molecule has 0 aliphatic rings. The maximum Gasteiger partial charge on any atom is 2.00 e. The van der Waals surface area contributed by atoms with Gasteiger partial charge >= 0.3 is 26.2 Å². The van der Waals surface area contributed by atoms with Crippen LogP contribution >= 0.6 is 0 Å². The minimum absolute atomic E-state index is 0. The Hall–Kier alpha value is -0.917. The van der Waals surface area contributed by atoms with E-state index in [1.165, 1.54) is 0 Å². The first-order valence-electron chi connectivity index (χ1n) is 4.89.